The van der Waals surface area contributed by atoms with Crippen molar-refractivity contribution >= 4 is 39.6 Å². The van der Waals surface area contributed by atoms with E-state index in [1.165, 1.54) is 18.7 Å². The summed E-state index contributed by atoms with van der Waals surface area (Å²) >= 11 is 4.71. The monoisotopic (exact) mass is 317 g/mol. The van der Waals surface area contributed by atoms with Crippen LogP contribution in [0.15, 0.2) is 33.6 Å². The molecule has 1 rings (SSSR count). The summed E-state index contributed by atoms with van der Waals surface area (Å²) in [6.45, 7) is 1.31. The van der Waals surface area contributed by atoms with Gasteiger partial charge in [-0.15, -0.1) is 11.8 Å². The van der Waals surface area contributed by atoms with Crippen molar-refractivity contribution in [3.8, 4) is 0 Å². The van der Waals surface area contributed by atoms with Crippen LogP contribution in [0, 0.1) is 0 Å². The van der Waals surface area contributed by atoms with Crippen LogP contribution in [0.4, 0.5) is 0 Å². The molecule has 4 nitrogen and oxygen atoms in total. The number of carboxylic acids is 1. The van der Waals surface area contributed by atoms with E-state index in [4.69, 9.17) is 5.11 Å². The van der Waals surface area contributed by atoms with E-state index in [-0.39, 0.29) is 5.91 Å². The lowest BCUT2D eigenvalue weighted by atomic mass is 10.3. The van der Waals surface area contributed by atoms with E-state index < -0.39 is 12.0 Å². The summed E-state index contributed by atoms with van der Waals surface area (Å²) in [5, 5.41) is 11.3. The third kappa shape index (κ3) is 5.23. The Morgan fingerprint density at radius 1 is 1.41 bits per heavy atom. The van der Waals surface area contributed by atoms with Gasteiger partial charge < -0.3 is 10.4 Å². The molecule has 92 valence electrons. The van der Waals surface area contributed by atoms with Gasteiger partial charge in [0.15, 0.2) is 0 Å². The van der Waals surface area contributed by atoms with Crippen LogP contribution in [0.1, 0.15) is 6.92 Å². The Kier molecular flexibility index (Phi) is 5.50. The number of hydrogen-bond acceptors (Lipinski definition) is 3. The smallest absolute Gasteiger partial charge is 0.327 e. The second-order valence-corrected chi connectivity index (χ2v) is 5.37. The Bertz CT molecular complexity index is 408. The second kappa shape index (κ2) is 6.66. The van der Waals surface area contributed by atoms with E-state index in [1.54, 1.807) is 0 Å². The van der Waals surface area contributed by atoms with E-state index in [2.05, 4.69) is 21.2 Å². The van der Waals surface area contributed by atoms with Crippen molar-refractivity contribution in [2.75, 3.05) is 5.75 Å². The maximum Gasteiger partial charge on any atom is 0.327 e. The fourth-order valence-corrected chi connectivity index (χ4v) is 2.31. The topological polar surface area (TPSA) is 66.4 Å². The van der Waals surface area contributed by atoms with Crippen LogP contribution in [0.5, 0.6) is 0 Å². The number of nitrogens with one attached hydrogen (secondary N) is 1. The maximum absolute atomic E-state index is 10.9. The van der Waals surface area contributed by atoms with Crippen LogP contribution < -0.4 is 5.32 Å². The molecule has 6 heteroatoms. The first-order valence-electron chi connectivity index (χ1n) is 4.87. The van der Waals surface area contributed by atoms with Gasteiger partial charge in [0.2, 0.25) is 5.91 Å². The van der Waals surface area contributed by atoms with Crippen molar-refractivity contribution in [2.24, 2.45) is 0 Å². The molecule has 0 fully saturated rings. The zero-order chi connectivity index (χ0) is 12.8. The first kappa shape index (κ1) is 14.1. The van der Waals surface area contributed by atoms with E-state index in [1.807, 2.05) is 24.3 Å². The molecule has 0 heterocycles. The number of halogens is 1. The SMILES string of the molecule is CC(=O)NC(CSc1ccc(Br)cc1)C(=O)O. The van der Waals surface area contributed by atoms with Crippen molar-refractivity contribution in [3.63, 3.8) is 0 Å². The molecule has 1 aromatic carbocycles. The summed E-state index contributed by atoms with van der Waals surface area (Å²) in [5.41, 5.74) is 0. The molecule has 0 aliphatic carbocycles. The van der Waals surface area contributed by atoms with Gasteiger partial charge in [-0.1, -0.05) is 15.9 Å². The number of thioether (sulfide) groups is 1. The van der Waals surface area contributed by atoms with Gasteiger partial charge in [0.05, 0.1) is 0 Å². The first-order valence-corrected chi connectivity index (χ1v) is 6.65. The maximum atomic E-state index is 10.9. The number of carbonyl (C=O) groups is 2. The van der Waals surface area contributed by atoms with Gasteiger partial charge in [-0.25, -0.2) is 4.79 Å². The lowest BCUT2D eigenvalue weighted by Gasteiger charge is -2.12. The lowest BCUT2D eigenvalue weighted by molar-refractivity contribution is -0.140. The molecule has 0 aliphatic rings. The molecule has 2 N–H and O–H groups in total. The molecule has 0 saturated heterocycles. The van der Waals surface area contributed by atoms with E-state index in [0.717, 1.165) is 9.37 Å². The third-order valence-corrected chi connectivity index (χ3v) is 3.54. The van der Waals surface area contributed by atoms with Gasteiger partial charge in [-0.2, -0.15) is 0 Å². The van der Waals surface area contributed by atoms with Crippen molar-refractivity contribution in [1.82, 2.24) is 5.32 Å². The molecule has 1 amide bonds. The van der Waals surface area contributed by atoms with Crippen LogP contribution in [-0.2, 0) is 9.59 Å². The largest absolute Gasteiger partial charge is 0.480 e. The summed E-state index contributed by atoms with van der Waals surface area (Å²) in [6.07, 6.45) is 0. The van der Waals surface area contributed by atoms with E-state index >= 15 is 0 Å². The van der Waals surface area contributed by atoms with Gasteiger partial charge in [0, 0.05) is 22.0 Å². The minimum absolute atomic E-state index is 0.302. The molecule has 1 unspecified atom stereocenters. The Labute approximate surface area is 112 Å². The summed E-state index contributed by atoms with van der Waals surface area (Å²) in [7, 11) is 0. The number of hydrogen-bond donors (Lipinski definition) is 2. The number of rotatable bonds is 5. The molecular formula is C11H12BrNO3S. The van der Waals surface area contributed by atoms with Gasteiger partial charge in [-0.05, 0) is 24.3 Å². The third-order valence-electron chi connectivity index (χ3n) is 1.91. The number of amides is 1. The highest BCUT2D eigenvalue weighted by atomic mass is 79.9. The van der Waals surface area contributed by atoms with Crippen molar-refractivity contribution < 1.29 is 14.7 Å². The Hall–Kier alpha value is -1.01. The average Bonchev–Trinajstić information content (AvgIpc) is 2.25. The molecule has 17 heavy (non-hydrogen) atoms. The van der Waals surface area contributed by atoms with Crippen LogP contribution in [0.3, 0.4) is 0 Å². The Balaban J connectivity index is 2.54. The molecule has 1 aromatic rings. The highest BCUT2D eigenvalue weighted by Gasteiger charge is 2.18. The number of carboxylic acid groups (broad SMARTS) is 1. The fourth-order valence-electron chi connectivity index (χ4n) is 1.13. The van der Waals surface area contributed by atoms with Gasteiger partial charge in [0.25, 0.3) is 0 Å². The standard InChI is InChI=1S/C11H12BrNO3S/c1-7(14)13-10(11(15)16)6-17-9-4-2-8(12)3-5-9/h2-5,10H,6H2,1H3,(H,13,14)(H,15,16). The summed E-state index contributed by atoms with van der Waals surface area (Å²) in [6, 6.07) is 6.69. The van der Waals surface area contributed by atoms with Crippen molar-refractivity contribution in [2.45, 2.75) is 17.9 Å². The van der Waals surface area contributed by atoms with Gasteiger partial charge in [-0.3, -0.25) is 4.79 Å². The fraction of sp³-hybridized carbons (Fsp3) is 0.273. The highest BCUT2D eigenvalue weighted by Crippen LogP contribution is 2.21. The van der Waals surface area contributed by atoms with Crippen molar-refractivity contribution in [1.29, 1.82) is 0 Å². The van der Waals surface area contributed by atoms with Crippen molar-refractivity contribution in [3.05, 3.63) is 28.7 Å². The normalized spacial score (nSPS) is 11.9. The zero-order valence-electron chi connectivity index (χ0n) is 9.14. The number of aliphatic carboxylic acids is 1. The molecule has 0 spiro atoms. The minimum atomic E-state index is -1.02. The number of carbonyl (C=O) groups excluding carboxylic acids is 1. The van der Waals surface area contributed by atoms with Crippen LogP contribution in [0.25, 0.3) is 0 Å². The molecule has 0 saturated carbocycles. The predicted molar refractivity (Wildman–Crippen MR) is 70.1 cm³/mol. The minimum Gasteiger partial charge on any atom is -0.480 e. The lowest BCUT2D eigenvalue weighted by Crippen LogP contribution is -2.41. The van der Waals surface area contributed by atoms with Gasteiger partial charge in [0.1, 0.15) is 6.04 Å². The Morgan fingerprint density at radius 2 is 2.00 bits per heavy atom. The average molecular weight is 318 g/mol. The Morgan fingerprint density at radius 3 is 2.47 bits per heavy atom. The number of benzene rings is 1. The van der Waals surface area contributed by atoms with Crippen LogP contribution >= 0.6 is 27.7 Å². The van der Waals surface area contributed by atoms with E-state index in [9.17, 15) is 9.59 Å². The summed E-state index contributed by atoms with van der Waals surface area (Å²) in [5.74, 6) is -1.06. The first-order chi connectivity index (χ1) is 7.99. The van der Waals surface area contributed by atoms with Gasteiger partial charge >= 0.3 is 5.97 Å². The van der Waals surface area contributed by atoms with E-state index in [0.29, 0.717) is 5.75 Å². The summed E-state index contributed by atoms with van der Waals surface area (Å²) < 4.78 is 0.971. The predicted octanol–water partition coefficient (Wildman–Crippen LogP) is 2.13. The van der Waals surface area contributed by atoms with Crippen LogP contribution in [-0.4, -0.2) is 28.8 Å². The van der Waals surface area contributed by atoms with Crippen LogP contribution in [0.2, 0.25) is 0 Å². The second-order valence-electron chi connectivity index (χ2n) is 3.36. The quantitative estimate of drug-likeness (QED) is 0.816. The highest BCUT2D eigenvalue weighted by molar-refractivity contribution is 9.10. The molecule has 0 radical (unpaired) electrons. The molecule has 0 aliphatic heterocycles. The molecular weight excluding hydrogens is 306 g/mol. The zero-order valence-corrected chi connectivity index (χ0v) is 11.5. The summed E-state index contributed by atoms with van der Waals surface area (Å²) in [4.78, 5) is 22.7. The molecule has 1 atom stereocenters. The molecule has 0 aromatic heterocycles. The molecule has 0 bridgehead atoms.